The van der Waals surface area contributed by atoms with E-state index in [1.165, 1.54) is 0 Å². The molecular weight excluding hydrogens is 379 g/mol. The van der Waals surface area contributed by atoms with Crippen LogP contribution in [0.1, 0.15) is 34.6 Å². The van der Waals surface area contributed by atoms with Gasteiger partial charge in [0.2, 0.25) is 0 Å². The minimum atomic E-state index is -4.52. The number of fused-ring (bicyclic) bond motifs is 1. The summed E-state index contributed by atoms with van der Waals surface area (Å²) in [6.45, 7) is 0. The first-order valence-corrected chi connectivity index (χ1v) is 7.46. The second kappa shape index (κ2) is 5.55. The van der Waals surface area contributed by atoms with Crippen LogP contribution < -0.4 is 5.32 Å². The van der Waals surface area contributed by atoms with E-state index in [9.17, 15) is 18.0 Å². The molecule has 122 valence electrons. The summed E-state index contributed by atoms with van der Waals surface area (Å²) < 4.78 is 41.5. The van der Waals surface area contributed by atoms with Gasteiger partial charge in [0.05, 0.1) is 6.04 Å². The number of carboxylic acids is 1. The fraction of sp³-hybridized carbons (Fsp3) is 0.286. The molecule has 0 radical (unpaired) electrons. The Morgan fingerprint density at radius 2 is 2.00 bits per heavy atom. The maximum atomic E-state index is 13.3. The monoisotopic (exact) mass is 389 g/mol. The molecule has 5 nitrogen and oxygen atoms in total. The molecule has 2 N–H and O–H groups in total. The van der Waals surface area contributed by atoms with Crippen molar-refractivity contribution in [1.29, 1.82) is 0 Å². The second-order valence-electron chi connectivity index (χ2n) is 5.21. The summed E-state index contributed by atoms with van der Waals surface area (Å²) in [6.07, 6.45) is -4.79. The SMILES string of the molecule is O=C(O)c1cc2n(n1)[C@@H](C(F)(F)F)C[C@@H](c1ccc(Br)cc1)N2. The van der Waals surface area contributed by atoms with Gasteiger partial charge in [-0.2, -0.15) is 18.3 Å². The highest BCUT2D eigenvalue weighted by Crippen LogP contribution is 2.43. The summed E-state index contributed by atoms with van der Waals surface area (Å²) in [5, 5.41) is 15.4. The Hall–Kier alpha value is -2.03. The van der Waals surface area contributed by atoms with Gasteiger partial charge in [0.1, 0.15) is 5.82 Å². The Morgan fingerprint density at radius 1 is 1.35 bits per heavy atom. The van der Waals surface area contributed by atoms with Crippen LogP contribution in [0.4, 0.5) is 19.0 Å². The molecule has 1 aliphatic heterocycles. The predicted octanol–water partition coefficient (Wildman–Crippen LogP) is 4.00. The number of anilines is 1. The van der Waals surface area contributed by atoms with Gasteiger partial charge in [-0.05, 0) is 17.7 Å². The Balaban J connectivity index is 2.01. The van der Waals surface area contributed by atoms with Crippen molar-refractivity contribution in [3.8, 4) is 0 Å². The van der Waals surface area contributed by atoms with Crippen molar-refractivity contribution in [3.05, 3.63) is 46.1 Å². The van der Waals surface area contributed by atoms with E-state index in [1.54, 1.807) is 24.3 Å². The molecule has 2 atom stereocenters. The first kappa shape index (κ1) is 15.9. The van der Waals surface area contributed by atoms with Crippen LogP contribution in [-0.4, -0.2) is 27.0 Å². The molecule has 0 saturated heterocycles. The van der Waals surface area contributed by atoms with Gasteiger partial charge in [-0.25, -0.2) is 9.48 Å². The standard InChI is InChI=1S/C14H11BrF3N3O2/c15-8-3-1-7(2-4-8)9-5-11(14(16,17)18)21-12(19-9)6-10(20-21)13(22)23/h1-4,6,9,11,19H,5H2,(H,22,23)/t9-,11+/m0/s1. The highest BCUT2D eigenvalue weighted by molar-refractivity contribution is 9.10. The van der Waals surface area contributed by atoms with Crippen molar-refractivity contribution >= 4 is 27.7 Å². The maximum Gasteiger partial charge on any atom is 0.410 e. The smallest absolute Gasteiger partial charge is 0.410 e. The molecule has 23 heavy (non-hydrogen) atoms. The fourth-order valence-corrected chi connectivity index (χ4v) is 2.86. The summed E-state index contributed by atoms with van der Waals surface area (Å²) in [7, 11) is 0. The molecule has 9 heteroatoms. The lowest BCUT2D eigenvalue weighted by Gasteiger charge is -2.33. The molecule has 1 aliphatic rings. The Bertz CT molecular complexity index is 743. The zero-order valence-electron chi connectivity index (χ0n) is 11.5. The second-order valence-corrected chi connectivity index (χ2v) is 6.12. The van der Waals surface area contributed by atoms with E-state index in [4.69, 9.17) is 5.11 Å². The average molecular weight is 390 g/mol. The van der Waals surface area contributed by atoms with Gasteiger partial charge in [0.15, 0.2) is 11.7 Å². The third kappa shape index (κ3) is 3.05. The molecule has 1 aromatic carbocycles. The number of nitrogens with one attached hydrogen (secondary N) is 1. The molecule has 0 saturated carbocycles. The summed E-state index contributed by atoms with van der Waals surface area (Å²) in [5.74, 6) is -1.32. The minimum absolute atomic E-state index is 0.0453. The number of carbonyl (C=O) groups is 1. The number of hydrogen-bond donors (Lipinski definition) is 2. The molecule has 3 rings (SSSR count). The molecule has 2 aromatic rings. The molecule has 0 amide bonds. The lowest BCUT2D eigenvalue weighted by molar-refractivity contribution is -0.173. The van der Waals surface area contributed by atoms with Crippen LogP contribution in [0.5, 0.6) is 0 Å². The summed E-state index contributed by atoms with van der Waals surface area (Å²) >= 11 is 3.28. The number of rotatable bonds is 2. The van der Waals surface area contributed by atoms with Crippen molar-refractivity contribution in [2.45, 2.75) is 24.7 Å². The number of hydrogen-bond acceptors (Lipinski definition) is 3. The summed E-state index contributed by atoms with van der Waals surface area (Å²) in [5.41, 5.74) is 0.269. The van der Waals surface area contributed by atoms with Crippen LogP contribution in [0.2, 0.25) is 0 Å². The van der Waals surface area contributed by atoms with Gasteiger partial charge in [0.25, 0.3) is 0 Å². The van der Waals surface area contributed by atoms with Crippen LogP contribution in [0.3, 0.4) is 0 Å². The van der Waals surface area contributed by atoms with E-state index in [0.717, 1.165) is 10.5 Å². The number of nitrogens with zero attached hydrogens (tertiary/aromatic N) is 2. The molecule has 2 heterocycles. The number of carboxylic acid groups (broad SMARTS) is 1. The zero-order valence-corrected chi connectivity index (χ0v) is 13.1. The third-order valence-corrected chi connectivity index (χ3v) is 4.21. The summed E-state index contributed by atoms with van der Waals surface area (Å²) in [6, 6.07) is 5.59. The number of benzene rings is 1. The number of alkyl halides is 3. The molecule has 0 unspecified atom stereocenters. The zero-order chi connectivity index (χ0) is 16.8. The van der Waals surface area contributed by atoms with E-state index in [-0.39, 0.29) is 12.2 Å². The topological polar surface area (TPSA) is 67.1 Å². The Morgan fingerprint density at radius 3 is 2.57 bits per heavy atom. The number of halogens is 4. The average Bonchev–Trinajstić information content (AvgIpc) is 2.90. The molecule has 0 bridgehead atoms. The Labute approximate surface area is 137 Å². The molecule has 0 fully saturated rings. The predicted molar refractivity (Wildman–Crippen MR) is 79.4 cm³/mol. The van der Waals surface area contributed by atoms with Gasteiger partial charge in [-0.1, -0.05) is 28.1 Å². The molecular formula is C14H11BrF3N3O2. The van der Waals surface area contributed by atoms with Gasteiger partial charge in [-0.15, -0.1) is 0 Å². The molecule has 0 spiro atoms. The van der Waals surface area contributed by atoms with E-state index < -0.39 is 29.9 Å². The third-order valence-electron chi connectivity index (χ3n) is 3.68. The van der Waals surface area contributed by atoms with Crippen LogP contribution in [-0.2, 0) is 0 Å². The van der Waals surface area contributed by atoms with Crippen molar-refractivity contribution in [2.75, 3.05) is 5.32 Å². The molecule has 1 aromatic heterocycles. The van der Waals surface area contributed by atoms with Gasteiger partial charge in [-0.3, -0.25) is 0 Å². The van der Waals surface area contributed by atoms with Gasteiger partial charge >= 0.3 is 12.1 Å². The largest absolute Gasteiger partial charge is 0.476 e. The number of aromatic nitrogens is 2. The highest BCUT2D eigenvalue weighted by Gasteiger charge is 2.46. The van der Waals surface area contributed by atoms with E-state index in [0.29, 0.717) is 10.2 Å². The van der Waals surface area contributed by atoms with Crippen molar-refractivity contribution in [2.24, 2.45) is 0 Å². The highest BCUT2D eigenvalue weighted by atomic mass is 79.9. The first-order valence-electron chi connectivity index (χ1n) is 6.67. The van der Waals surface area contributed by atoms with Crippen molar-refractivity contribution in [3.63, 3.8) is 0 Å². The quantitative estimate of drug-likeness (QED) is 0.814. The van der Waals surface area contributed by atoms with Gasteiger partial charge in [0, 0.05) is 17.0 Å². The van der Waals surface area contributed by atoms with Crippen molar-refractivity contribution in [1.82, 2.24) is 9.78 Å². The lowest BCUT2D eigenvalue weighted by atomic mass is 9.97. The van der Waals surface area contributed by atoms with Crippen LogP contribution >= 0.6 is 15.9 Å². The lowest BCUT2D eigenvalue weighted by Crippen LogP contribution is -2.35. The van der Waals surface area contributed by atoms with E-state index in [2.05, 4.69) is 26.3 Å². The summed E-state index contributed by atoms with van der Waals surface area (Å²) in [4.78, 5) is 11.0. The first-order chi connectivity index (χ1) is 10.8. The van der Waals surface area contributed by atoms with E-state index >= 15 is 0 Å². The van der Waals surface area contributed by atoms with Crippen LogP contribution in [0.15, 0.2) is 34.8 Å². The molecule has 0 aliphatic carbocycles. The minimum Gasteiger partial charge on any atom is -0.476 e. The number of aromatic carboxylic acids is 1. The fourth-order valence-electron chi connectivity index (χ4n) is 2.59. The van der Waals surface area contributed by atoms with E-state index in [1.807, 2.05) is 0 Å². The van der Waals surface area contributed by atoms with Crippen LogP contribution in [0.25, 0.3) is 0 Å². The Kier molecular flexibility index (Phi) is 3.83. The normalized spacial score (nSPS) is 20.7. The van der Waals surface area contributed by atoms with Gasteiger partial charge < -0.3 is 10.4 Å². The van der Waals surface area contributed by atoms with Crippen LogP contribution in [0, 0.1) is 0 Å². The maximum absolute atomic E-state index is 13.3. The van der Waals surface area contributed by atoms with Crippen molar-refractivity contribution < 1.29 is 23.1 Å².